The van der Waals surface area contributed by atoms with E-state index in [4.69, 9.17) is 5.73 Å². The van der Waals surface area contributed by atoms with Gasteiger partial charge in [-0.05, 0) is 32.9 Å². The molecule has 1 fully saturated rings. The van der Waals surface area contributed by atoms with Crippen molar-refractivity contribution in [3.63, 3.8) is 0 Å². The molecular weight excluding hydrogens is 288 g/mol. The molecular formula is C14H22N4O2S. The Balaban J connectivity index is 1.83. The van der Waals surface area contributed by atoms with E-state index >= 15 is 0 Å². The minimum atomic E-state index is -0.225. The molecule has 1 aromatic rings. The van der Waals surface area contributed by atoms with Crippen LogP contribution in [0.4, 0.5) is 0 Å². The van der Waals surface area contributed by atoms with E-state index in [1.165, 1.54) is 0 Å². The minimum Gasteiger partial charge on any atom is -0.369 e. The van der Waals surface area contributed by atoms with Gasteiger partial charge in [0.2, 0.25) is 11.8 Å². The monoisotopic (exact) mass is 310 g/mol. The van der Waals surface area contributed by atoms with Crippen molar-refractivity contribution in [2.45, 2.75) is 25.8 Å². The second-order valence-electron chi connectivity index (χ2n) is 5.54. The van der Waals surface area contributed by atoms with Crippen LogP contribution in [0, 0.1) is 5.92 Å². The number of hydrogen-bond donors (Lipinski definition) is 1. The van der Waals surface area contributed by atoms with Crippen LogP contribution in [-0.2, 0) is 9.59 Å². The zero-order valence-corrected chi connectivity index (χ0v) is 13.3. The van der Waals surface area contributed by atoms with E-state index in [2.05, 4.69) is 9.88 Å². The van der Waals surface area contributed by atoms with Crippen molar-refractivity contribution < 1.29 is 9.59 Å². The van der Waals surface area contributed by atoms with Gasteiger partial charge in [0.25, 0.3) is 0 Å². The number of rotatable bonds is 5. The summed E-state index contributed by atoms with van der Waals surface area (Å²) in [6.45, 7) is 3.90. The number of likely N-dealkylation sites (tertiary alicyclic amines) is 1. The van der Waals surface area contributed by atoms with Crippen LogP contribution < -0.4 is 5.73 Å². The van der Waals surface area contributed by atoms with Gasteiger partial charge in [0.05, 0.1) is 18.1 Å². The van der Waals surface area contributed by atoms with Crippen molar-refractivity contribution in [1.82, 2.24) is 14.8 Å². The van der Waals surface area contributed by atoms with Gasteiger partial charge < -0.3 is 10.6 Å². The Bertz CT molecular complexity index is 483. The molecule has 6 nitrogen and oxygen atoms in total. The zero-order valence-electron chi connectivity index (χ0n) is 12.5. The number of piperidine rings is 1. The second-order valence-corrected chi connectivity index (χ2v) is 6.46. The molecule has 2 amide bonds. The number of thiazole rings is 1. The normalized spacial score (nSPS) is 18.4. The molecule has 0 aliphatic carbocycles. The second kappa shape index (κ2) is 7.00. The summed E-state index contributed by atoms with van der Waals surface area (Å²) in [5.41, 5.74) is 7.10. The highest BCUT2D eigenvalue weighted by Crippen LogP contribution is 2.23. The van der Waals surface area contributed by atoms with Crippen molar-refractivity contribution in [2.75, 3.05) is 26.7 Å². The highest BCUT2D eigenvalue weighted by atomic mass is 32.1. The fourth-order valence-corrected chi connectivity index (χ4v) is 3.24. The summed E-state index contributed by atoms with van der Waals surface area (Å²) in [6, 6.07) is 0.0353. The summed E-state index contributed by atoms with van der Waals surface area (Å²) < 4.78 is 0. The van der Waals surface area contributed by atoms with Gasteiger partial charge >= 0.3 is 0 Å². The quantitative estimate of drug-likeness (QED) is 0.875. The largest absolute Gasteiger partial charge is 0.369 e. The Kier molecular flexibility index (Phi) is 5.30. The lowest BCUT2D eigenvalue weighted by Gasteiger charge is -2.32. The summed E-state index contributed by atoms with van der Waals surface area (Å²) >= 11 is 1.56. The summed E-state index contributed by atoms with van der Waals surface area (Å²) in [5.74, 6) is -0.171. The molecule has 7 heteroatoms. The Morgan fingerprint density at radius 2 is 2.19 bits per heavy atom. The molecule has 0 bridgehead atoms. The molecule has 0 spiro atoms. The first-order valence-electron chi connectivity index (χ1n) is 7.14. The van der Waals surface area contributed by atoms with E-state index < -0.39 is 0 Å². The van der Waals surface area contributed by atoms with Crippen LogP contribution in [-0.4, -0.2) is 53.3 Å². The molecule has 0 saturated carbocycles. The van der Waals surface area contributed by atoms with Gasteiger partial charge in [-0.1, -0.05) is 0 Å². The van der Waals surface area contributed by atoms with Crippen LogP contribution in [0.5, 0.6) is 0 Å². The molecule has 1 saturated heterocycles. The average Bonchev–Trinajstić information content (AvgIpc) is 3.00. The first-order chi connectivity index (χ1) is 9.99. The highest BCUT2D eigenvalue weighted by Gasteiger charge is 2.26. The van der Waals surface area contributed by atoms with E-state index in [9.17, 15) is 9.59 Å². The molecule has 0 unspecified atom stereocenters. The van der Waals surface area contributed by atoms with Gasteiger partial charge in [-0.15, -0.1) is 11.3 Å². The number of carbonyl (C=O) groups excluding carboxylic acids is 2. The first-order valence-corrected chi connectivity index (χ1v) is 8.02. The maximum Gasteiger partial charge on any atom is 0.237 e. The van der Waals surface area contributed by atoms with Crippen LogP contribution in [0.1, 0.15) is 30.7 Å². The predicted molar refractivity (Wildman–Crippen MR) is 81.7 cm³/mol. The number of nitrogens with zero attached hydrogens (tertiary/aromatic N) is 3. The van der Waals surface area contributed by atoms with Crippen LogP contribution in [0.15, 0.2) is 11.7 Å². The lowest BCUT2D eigenvalue weighted by atomic mass is 9.96. The van der Waals surface area contributed by atoms with Crippen molar-refractivity contribution in [1.29, 1.82) is 0 Å². The molecule has 0 radical (unpaired) electrons. The fourth-order valence-electron chi connectivity index (χ4n) is 2.52. The molecule has 116 valence electrons. The first kappa shape index (κ1) is 15.9. The summed E-state index contributed by atoms with van der Waals surface area (Å²) in [6.07, 6.45) is 3.30. The number of aromatic nitrogens is 1. The van der Waals surface area contributed by atoms with Crippen LogP contribution >= 0.6 is 11.3 Å². The third-order valence-electron chi connectivity index (χ3n) is 4.19. The van der Waals surface area contributed by atoms with Gasteiger partial charge in [-0.25, -0.2) is 0 Å². The molecule has 1 aromatic heterocycles. The molecule has 2 rings (SSSR count). The highest BCUT2D eigenvalue weighted by molar-refractivity contribution is 7.09. The molecule has 1 atom stereocenters. The number of nitrogens with two attached hydrogens (primary N) is 1. The van der Waals surface area contributed by atoms with Gasteiger partial charge in [0.15, 0.2) is 0 Å². The Morgan fingerprint density at radius 1 is 1.52 bits per heavy atom. The van der Waals surface area contributed by atoms with E-state index in [1.807, 2.05) is 14.0 Å². The third kappa shape index (κ3) is 4.01. The molecule has 21 heavy (non-hydrogen) atoms. The van der Waals surface area contributed by atoms with Crippen molar-refractivity contribution >= 4 is 23.2 Å². The standard InChI is InChI=1S/C14H22N4O2S/c1-10(12-7-16-9-21-12)17(2)13(19)8-18-5-3-11(4-6-18)14(15)20/h7,9-11H,3-6,8H2,1-2H3,(H2,15,20)/t10-/m0/s1. The van der Waals surface area contributed by atoms with E-state index in [-0.39, 0.29) is 23.8 Å². The molecule has 2 N–H and O–H groups in total. The van der Waals surface area contributed by atoms with E-state index in [0.29, 0.717) is 6.54 Å². The van der Waals surface area contributed by atoms with Gasteiger partial charge in [-0.2, -0.15) is 0 Å². The maximum atomic E-state index is 12.3. The van der Waals surface area contributed by atoms with Crippen LogP contribution in [0.25, 0.3) is 0 Å². The molecule has 1 aliphatic rings. The average molecular weight is 310 g/mol. The number of hydrogen-bond acceptors (Lipinski definition) is 5. The number of amides is 2. The molecule has 2 heterocycles. The minimum absolute atomic E-state index is 0.0353. The summed E-state index contributed by atoms with van der Waals surface area (Å²) in [4.78, 5) is 32.5. The SMILES string of the molecule is C[C@@H](c1cncs1)N(C)C(=O)CN1CCC(C(N)=O)CC1. The fraction of sp³-hybridized carbons (Fsp3) is 0.643. The predicted octanol–water partition coefficient (Wildman–Crippen LogP) is 0.860. The third-order valence-corrected chi connectivity index (χ3v) is 5.13. The smallest absolute Gasteiger partial charge is 0.237 e. The van der Waals surface area contributed by atoms with Gasteiger partial charge in [0, 0.05) is 24.0 Å². The van der Waals surface area contributed by atoms with Crippen molar-refractivity contribution in [2.24, 2.45) is 11.7 Å². The molecule has 0 aromatic carbocycles. The topological polar surface area (TPSA) is 79.5 Å². The lowest BCUT2D eigenvalue weighted by molar-refractivity contribution is -0.133. The number of likely N-dealkylation sites (N-methyl/N-ethyl adjacent to an activating group) is 1. The maximum absolute atomic E-state index is 12.3. The summed E-state index contributed by atoms with van der Waals surface area (Å²) in [5, 5.41) is 0. The van der Waals surface area contributed by atoms with Gasteiger partial charge in [-0.3, -0.25) is 19.5 Å². The van der Waals surface area contributed by atoms with Crippen LogP contribution in [0.2, 0.25) is 0 Å². The Labute approximate surface area is 128 Å². The van der Waals surface area contributed by atoms with Crippen molar-refractivity contribution in [3.05, 3.63) is 16.6 Å². The van der Waals surface area contributed by atoms with Gasteiger partial charge in [0.1, 0.15) is 0 Å². The zero-order chi connectivity index (χ0) is 15.4. The molecule has 1 aliphatic heterocycles. The van der Waals surface area contributed by atoms with E-state index in [0.717, 1.165) is 30.8 Å². The Morgan fingerprint density at radius 3 is 2.71 bits per heavy atom. The lowest BCUT2D eigenvalue weighted by Crippen LogP contribution is -2.44. The van der Waals surface area contributed by atoms with E-state index in [1.54, 1.807) is 27.9 Å². The van der Waals surface area contributed by atoms with Crippen LogP contribution in [0.3, 0.4) is 0 Å². The summed E-state index contributed by atoms with van der Waals surface area (Å²) in [7, 11) is 1.82. The number of carbonyl (C=O) groups is 2. The Hall–Kier alpha value is -1.47. The van der Waals surface area contributed by atoms with Crippen molar-refractivity contribution in [3.8, 4) is 0 Å². The number of primary amides is 1.